The Bertz CT molecular complexity index is 223. The Morgan fingerprint density at radius 3 is 1.81 bits per heavy atom. The van der Waals surface area contributed by atoms with E-state index in [0.717, 1.165) is 12.8 Å². The van der Waals surface area contributed by atoms with E-state index in [0.29, 0.717) is 24.3 Å². The van der Waals surface area contributed by atoms with Gasteiger partial charge in [-0.2, -0.15) is 0 Å². The van der Waals surface area contributed by atoms with Crippen molar-refractivity contribution in [3.8, 4) is 0 Å². The first kappa shape index (κ1) is 14.0. The van der Waals surface area contributed by atoms with Gasteiger partial charge in [-0.25, -0.2) is 0 Å². The number of nitrogens with two attached hydrogens (primary N) is 1. The highest BCUT2D eigenvalue weighted by atomic mass is 16.3. The van der Waals surface area contributed by atoms with Crippen LogP contribution in [0.25, 0.3) is 0 Å². The van der Waals surface area contributed by atoms with Crippen molar-refractivity contribution < 1.29 is 5.11 Å². The average molecular weight is 227 g/mol. The van der Waals surface area contributed by atoms with Crippen LogP contribution in [0.5, 0.6) is 0 Å². The lowest BCUT2D eigenvalue weighted by atomic mass is 9.61. The minimum Gasteiger partial charge on any atom is -0.388 e. The van der Waals surface area contributed by atoms with Gasteiger partial charge in [-0.15, -0.1) is 0 Å². The second kappa shape index (κ2) is 4.66. The van der Waals surface area contributed by atoms with Gasteiger partial charge in [0.1, 0.15) is 0 Å². The van der Waals surface area contributed by atoms with E-state index in [-0.39, 0.29) is 5.41 Å². The Hall–Kier alpha value is -0.0800. The standard InChI is InChI=1S/C14H29NO/c1-10-6-11(2)8-12(7-10)14(16,9-15)13(3,4)5/h10-12,16H,6-9,15H2,1-5H3. The highest BCUT2D eigenvalue weighted by Gasteiger charge is 2.47. The van der Waals surface area contributed by atoms with Crippen molar-refractivity contribution in [3.63, 3.8) is 0 Å². The predicted octanol–water partition coefficient (Wildman–Crippen LogP) is 2.79. The van der Waals surface area contributed by atoms with E-state index >= 15 is 0 Å². The lowest BCUT2D eigenvalue weighted by molar-refractivity contribution is -0.116. The molecule has 3 unspecified atom stereocenters. The molecule has 0 heterocycles. The highest BCUT2D eigenvalue weighted by Crippen LogP contribution is 2.45. The molecule has 0 spiro atoms. The van der Waals surface area contributed by atoms with Crippen molar-refractivity contribution in [1.82, 2.24) is 0 Å². The fraction of sp³-hybridized carbons (Fsp3) is 1.00. The van der Waals surface area contributed by atoms with Crippen LogP contribution in [0.2, 0.25) is 0 Å². The Labute approximate surface area is 101 Å². The Morgan fingerprint density at radius 2 is 1.50 bits per heavy atom. The molecule has 16 heavy (non-hydrogen) atoms. The molecule has 0 amide bonds. The van der Waals surface area contributed by atoms with Gasteiger partial charge < -0.3 is 10.8 Å². The third kappa shape index (κ3) is 2.60. The maximum atomic E-state index is 10.9. The van der Waals surface area contributed by atoms with Crippen molar-refractivity contribution in [1.29, 1.82) is 0 Å². The van der Waals surface area contributed by atoms with E-state index < -0.39 is 5.60 Å². The molecule has 0 aromatic heterocycles. The molecule has 0 radical (unpaired) electrons. The van der Waals surface area contributed by atoms with Gasteiger partial charge in [0, 0.05) is 6.54 Å². The lowest BCUT2D eigenvalue weighted by Gasteiger charge is -2.49. The normalized spacial score (nSPS) is 35.8. The van der Waals surface area contributed by atoms with Gasteiger partial charge in [0.2, 0.25) is 0 Å². The van der Waals surface area contributed by atoms with Gasteiger partial charge >= 0.3 is 0 Å². The summed E-state index contributed by atoms with van der Waals surface area (Å²) in [6.45, 7) is 11.3. The molecule has 1 aliphatic carbocycles. The van der Waals surface area contributed by atoms with Crippen LogP contribution in [0.4, 0.5) is 0 Å². The zero-order valence-electron chi connectivity index (χ0n) is 11.6. The minimum absolute atomic E-state index is 0.136. The zero-order chi connectivity index (χ0) is 12.6. The van der Waals surface area contributed by atoms with Crippen molar-refractivity contribution >= 4 is 0 Å². The first-order chi connectivity index (χ1) is 7.20. The highest BCUT2D eigenvalue weighted by molar-refractivity contribution is 4.99. The first-order valence-electron chi connectivity index (χ1n) is 6.63. The average Bonchev–Trinajstić information content (AvgIpc) is 2.13. The predicted molar refractivity (Wildman–Crippen MR) is 69.1 cm³/mol. The molecule has 96 valence electrons. The summed E-state index contributed by atoms with van der Waals surface area (Å²) in [6, 6.07) is 0. The molecule has 2 nitrogen and oxygen atoms in total. The fourth-order valence-electron chi connectivity index (χ4n) is 3.42. The van der Waals surface area contributed by atoms with Crippen molar-refractivity contribution in [2.24, 2.45) is 28.9 Å². The summed E-state index contributed by atoms with van der Waals surface area (Å²) in [6.07, 6.45) is 3.53. The molecule has 3 atom stereocenters. The molecular formula is C14H29NO. The van der Waals surface area contributed by atoms with Crippen LogP contribution in [-0.2, 0) is 0 Å². The van der Waals surface area contributed by atoms with Gasteiger partial charge in [0.05, 0.1) is 5.60 Å². The second-order valence-electron chi connectivity index (χ2n) is 6.99. The van der Waals surface area contributed by atoms with Gasteiger partial charge in [0.25, 0.3) is 0 Å². The molecule has 2 heteroatoms. The van der Waals surface area contributed by atoms with Crippen molar-refractivity contribution in [3.05, 3.63) is 0 Å². The quantitative estimate of drug-likeness (QED) is 0.762. The van der Waals surface area contributed by atoms with E-state index in [1.54, 1.807) is 0 Å². The molecule has 0 aromatic rings. The number of aliphatic hydroxyl groups is 1. The Kier molecular flexibility index (Phi) is 4.07. The van der Waals surface area contributed by atoms with E-state index in [2.05, 4.69) is 34.6 Å². The third-order valence-electron chi connectivity index (χ3n) is 4.46. The Balaban J connectivity index is 2.88. The molecule has 1 aliphatic rings. The number of hydrogen-bond acceptors (Lipinski definition) is 2. The zero-order valence-corrected chi connectivity index (χ0v) is 11.6. The molecule has 1 saturated carbocycles. The Morgan fingerprint density at radius 1 is 1.06 bits per heavy atom. The maximum Gasteiger partial charge on any atom is 0.0845 e. The van der Waals surface area contributed by atoms with Crippen molar-refractivity contribution in [2.45, 2.75) is 59.5 Å². The topological polar surface area (TPSA) is 46.2 Å². The SMILES string of the molecule is CC1CC(C)CC(C(O)(CN)C(C)(C)C)C1. The molecule has 0 aliphatic heterocycles. The second-order valence-corrected chi connectivity index (χ2v) is 6.99. The summed E-state index contributed by atoms with van der Waals surface area (Å²) in [7, 11) is 0. The van der Waals surface area contributed by atoms with E-state index in [1.165, 1.54) is 6.42 Å². The smallest absolute Gasteiger partial charge is 0.0845 e. The van der Waals surface area contributed by atoms with Gasteiger partial charge in [-0.3, -0.25) is 0 Å². The fourth-order valence-corrected chi connectivity index (χ4v) is 3.42. The minimum atomic E-state index is -0.712. The molecule has 0 aromatic carbocycles. The van der Waals surface area contributed by atoms with Gasteiger partial charge in [-0.1, -0.05) is 34.6 Å². The van der Waals surface area contributed by atoms with Crippen LogP contribution in [0, 0.1) is 23.2 Å². The maximum absolute atomic E-state index is 10.9. The van der Waals surface area contributed by atoms with Crippen LogP contribution in [-0.4, -0.2) is 17.3 Å². The molecule has 0 bridgehead atoms. The van der Waals surface area contributed by atoms with Gasteiger partial charge in [-0.05, 0) is 42.4 Å². The van der Waals surface area contributed by atoms with E-state index in [4.69, 9.17) is 5.73 Å². The summed E-state index contributed by atoms with van der Waals surface area (Å²) in [5, 5.41) is 10.9. The molecule has 0 saturated heterocycles. The summed E-state index contributed by atoms with van der Waals surface area (Å²) in [4.78, 5) is 0. The van der Waals surface area contributed by atoms with Crippen molar-refractivity contribution in [2.75, 3.05) is 6.54 Å². The third-order valence-corrected chi connectivity index (χ3v) is 4.46. The molecule has 1 rings (SSSR count). The lowest BCUT2D eigenvalue weighted by Crippen LogP contribution is -2.56. The summed E-state index contributed by atoms with van der Waals surface area (Å²) < 4.78 is 0. The molecule has 1 fully saturated rings. The van der Waals surface area contributed by atoms with E-state index in [1.807, 2.05) is 0 Å². The summed E-state index contributed by atoms with van der Waals surface area (Å²) in [5.41, 5.74) is 5.02. The largest absolute Gasteiger partial charge is 0.388 e. The summed E-state index contributed by atoms with van der Waals surface area (Å²) in [5.74, 6) is 1.79. The molecular weight excluding hydrogens is 198 g/mol. The summed E-state index contributed by atoms with van der Waals surface area (Å²) >= 11 is 0. The van der Waals surface area contributed by atoms with Crippen LogP contribution in [0.15, 0.2) is 0 Å². The molecule has 3 N–H and O–H groups in total. The van der Waals surface area contributed by atoms with Crippen LogP contribution in [0.1, 0.15) is 53.9 Å². The number of hydrogen-bond donors (Lipinski definition) is 2. The number of rotatable bonds is 2. The van der Waals surface area contributed by atoms with Crippen LogP contribution >= 0.6 is 0 Å². The van der Waals surface area contributed by atoms with E-state index in [9.17, 15) is 5.11 Å². The first-order valence-corrected chi connectivity index (χ1v) is 6.63. The van der Waals surface area contributed by atoms with Crippen LogP contribution in [0.3, 0.4) is 0 Å². The van der Waals surface area contributed by atoms with Gasteiger partial charge in [0.15, 0.2) is 0 Å². The monoisotopic (exact) mass is 227 g/mol. The van der Waals surface area contributed by atoms with Crippen LogP contribution < -0.4 is 5.73 Å².